The van der Waals surface area contributed by atoms with E-state index >= 15 is 0 Å². The van der Waals surface area contributed by atoms with Crippen molar-refractivity contribution in [2.75, 3.05) is 25.0 Å². The molecule has 3 heterocycles. The molecule has 0 aliphatic carbocycles. The summed E-state index contributed by atoms with van der Waals surface area (Å²) in [6, 6.07) is 2.11. The Morgan fingerprint density at radius 1 is 1.48 bits per heavy atom. The lowest BCUT2D eigenvalue weighted by Gasteiger charge is -2.38. The molecule has 0 atom stereocenters. The maximum absolute atomic E-state index is 11.3. The molecule has 23 heavy (non-hydrogen) atoms. The van der Waals surface area contributed by atoms with Crippen LogP contribution in [0.15, 0.2) is 30.2 Å². The van der Waals surface area contributed by atoms with Crippen molar-refractivity contribution in [3.8, 4) is 0 Å². The van der Waals surface area contributed by atoms with Crippen LogP contribution in [0.3, 0.4) is 0 Å². The Hall–Kier alpha value is -2.14. The van der Waals surface area contributed by atoms with E-state index in [1.807, 2.05) is 19.9 Å². The first-order chi connectivity index (χ1) is 11.1. The highest BCUT2D eigenvalue weighted by Crippen LogP contribution is 2.21. The van der Waals surface area contributed by atoms with E-state index in [-0.39, 0.29) is 5.91 Å². The van der Waals surface area contributed by atoms with Gasteiger partial charge in [0.15, 0.2) is 0 Å². The fraction of sp³-hybridized carbons (Fsp3) is 0.444. The third-order valence-corrected chi connectivity index (χ3v) is 4.22. The van der Waals surface area contributed by atoms with Gasteiger partial charge < -0.3 is 10.1 Å². The summed E-state index contributed by atoms with van der Waals surface area (Å²) in [6.45, 7) is 6.86. The second-order valence-electron chi connectivity index (χ2n) is 6.08. The number of hydrogen-bond acceptors (Lipinski definition) is 4. The normalized spacial score (nSPS) is 19.4. The Bertz CT molecular complexity index is 646. The maximum atomic E-state index is 11.3. The molecule has 0 saturated carbocycles. The van der Waals surface area contributed by atoms with Crippen LogP contribution in [-0.2, 0) is 16.0 Å². The first-order valence-corrected chi connectivity index (χ1v) is 8.11. The number of fused-ring (bicyclic) bond motifs is 1. The van der Waals surface area contributed by atoms with Crippen LogP contribution < -0.4 is 5.32 Å². The molecule has 0 spiro atoms. The highest BCUT2D eigenvalue weighted by molar-refractivity contribution is 5.92. The van der Waals surface area contributed by atoms with E-state index in [2.05, 4.69) is 33.4 Å². The number of carbonyl (C=O) groups excluding carboxylic acids is 1. The van der Waals surface area contributed by atoms with Gasteiger partial charge in [0.25, 0.3) is 0 Å². The van der Waals surface area contributed by atoms with Crippen LogP contribution in [-0.4, -0.2) is 41.5 Å². The fourth-order valence-corrected chi connectivity index (χ4v) is 2.78. The Kier molecular flexibility index (Phi) is 4.76. The smallest absolute Gasteiger partial charge is 0.225 e. The van der Waals surface area contributed by atoms with E-state index in [4.69, 9.17) is 4.74 Å². The number of nitrogens with zero attached hydrogens (tertiary/aromatic N) is 2. The number of pyridine rings is 1. The SMILES string of the molecule is CC=C(C)OC1CN(CC=Cc2cnc3c(c2)CCC(=O)N3)C1. The topological polar surface area (TPSA) is 54.5 Å². The van der Waals surface area contributed by atoms with Crippen LogP contribution in [0.2, 0.25) is 0 Å². The lowest BCUT2D eigenvalue weighted by molar-refractivity contribution is -0.116. The summed E-state index contributed by atoms with van der Waals surface area (Å²) < 4.78 is 5.75. The van der Waals surface area contributed by atoms with Crippen molar-refractivity contribution in [3.63, 3.8) is 0 Å². The summed E-state index contributed by atoms with van der Waals surface area (Å²) >= 11 is 0. The summed E-state index contributed by atoms with van der Waals surface area (Å²) in [5, 5.41) is 2.80. The number of nitrogens with one attached hydrogen (secondary N) is 1. The number of aromatic nitrogens is 1. The number of carbonyl (C=O) groups is 1. The van der Waals surface area contributed by atoms with E-state index in [0.29, 0.717) is 18.3 Å². The average Bonchev–Trinajstić information content (AvgIpc) is 2.52. The molecule has 0 aromatic carbocycles. The molecule has 0 radical (unpaired) electrons. The number of ether oxygens (including phenoxy) is 1. The minimum Gasteiger partial charge on any atom is -0.493 e. The second-order valence-corrected chi connectivity index (χ2v) is 6.08. The number of aryl methyl sites for hydroxylation is 1. The number of amides is 1. The number of likely N-dealkylation sites (tertiary alicyclic amines) is 1. The molecule has 3 rings (SSSR count). The van der Waals surface area contributed by atoms with E-state index < -0.39 is 0 Å². The Morgan fingerprint density at radius 3 is 3.09 bits per heavy atom. The van der Waals surface area contributed by atoms with Gasteiger partial charge in [-0.1, -0.05) is 12.2 Å². The Morgan fingerprint density at radius 2 is 2.30 bits per heavy atom. The summed E-state index contributed by atoms with van der Waals surface area (Å²) in [5.74, 6) is 1.76. The van der Waals surface area contributed by atoms with Gasteiger partial charge in [-0.05, 0) is 43.5 Å². The van der Waals surface area contributed by atoms with Gasteiger partial charge in [-0.3, -0.25) is 9.69 Å². The van der Waals surface area contributed by atoms with E-state index in [1.165, 1.54) is 0 Å². The quantitative estimate of drug-likeness (QED) is 0.849. The van der Waals surface area contributed by atoms with Crippen molar-refractivity contribution < 1.29 is 9.53 Å². The van der Waals surface area contributed by atoms with Gasteiger partial charge >= 0.3 is 0 Å². The first kappa shape index (κ1) is 15.7. The van der Waals surface area contributed by atoms with Crippen molar-refractivity contribution >= 4 is 17.8 Å². The maximum Gasteiger partial charge on any atom is 0.225 e. The summed E-state index contributed by atoms with van der Waals surface area (Å²) in [6.07, 6.45) is 9.69. The molecule has 1 amide bonds. The summed E-state index contributed by atoms with van der Waals surface area (Å²) in [5.41, 5.74) is 2.20. The largest absolute Gasteiger partial charge is 0.493 e. The lowest BCUT2D eigenvalue weighted by Crippen LogP contribution is -2.51. The monoisotopic (exact) mass is 313 g/mol. The lowest BCUT2D eigenvalue weighted by atomic mass is 10.0. The summed E-state index contributed by atoms with van der Waals surface area (Å²) in [4.78, 5) is 18.0. The van der Waals surface area contributed by atoms with Crippen molar-refractivity contribution in [1.82, 2.24) is 9.88 Å². The highest BCUT2D eigenvalue weighted by atomic mass is 16.5. The zero-order valence-corrected chi connectivity index (χ0v) is 13.7. The molecule has 5 heteroatoms. The minimum absolute atomic E-state index is 0.0519. The van der Waals surface area contributed by atoms with Crippen LogP contribution >= 0.6 is 0 Å². The molecule has 1 aromatic heterocycles. The van der Waals surface area contributed by atoms with Crippen molar-refractivity contribution in [2.45, 2.75) is 32.8 Å². The molecule has 2 aliphatic rings. The molecule has 1 aromatic rings. The van der Waals surface area contributed by atoms with Gasteiger partial charge in [0.05, 0.1) is 5.76 Å². The van der Waals surface area contributed by atoms with Crippen molar-refractivity contribution in [1.29, 1.82) is 0 Å². The van der Waals surface area contributed by atoms with Crippen LogP contribution in [0, 0.1) is 0 Å². The highest BCUT2D eigenvalue weighted by Gasteiger charge is 2.27. The zero-order chi connectivity index (χ0) is 16.2. The standard InChI is InChI=1S/C18H23N3O2/c1-3-13(2)23-16-11-21(12-16)8-4-5-14-9-15-6-7-17(22)20-18(15)19-10-14/h3-5,9-10,16H,6-8,11-12H2,1-2H3,(H,19,20,22). The molecule has 1 fully saturated rings. The molecule has 5 nitrogen and oxygen atoms in total. The third kappa shape index (κ3) is 3.99. The Balaban J connectivity index is 1.47. The van der Waals surface area contributed by atoms with E-state index in [0.717, 1.165) is 42.9 Å². The zero-order valence-electron chi connectivity index (χ0n) is 13.7. The number of hydrogen-bond donors (Lipinski definition) is 1. The average molecular weight is 313 g/mol. The fourth-order valence-electron chi connectivity index (χ4n) is 2.78. The summed E-state index contributed by atoms with van der Waals surface area (Å²) in [7, 11) is 0. The molecule has 1 saturated heterocycles. The van der Waals surface area contributed by atoms with E-state index in [9.17, 15) is 4.79 Å². The molecule has 122 valence electrons. The van der Waals surface area contributed by atoms with Crippen molar-refractivity contribution in [3.05, 3.63) is 41.3 Å². The van der Waals surface area contributed by atoms with Gasteiger partial charge in [0.2, 0.25) is 5.91 Å². The van der Waals surface area contributed by atoms with E-state index in [1.54, 1.807) is 6.20 Å². The molecule has 1 N–H and O–H groups in total. The third-order valence-electron chi connectivity index (χ3n) is 4.22. The van der Waals surface area contributed by atoms with Gasteiger partial charge in [0, 0.05) is 32.3 Å². The van der Waals surface area contributed by atoms with Crippen LogP contribution in [0.25, 0.3) is 6.08 Å². The minimum atomic E-state index is 0.0519. The molecule has 0 unspecified atom stereocenters. The second kappa shape index (κ2) is 6.96. The van der Waals surface area contributed by atoms with Crippen LogP contribution in [0.4, 0.5) is 5.82 Å². The molecule has 0 bridgehead atoms. The van der Waals surface area contributed by atoms with Crippen molar-refractivity contribution in [2.24, 2.45) is 0 Å². The number of anilines is 1. The number of rotatable bonds is 5. The molecular formula is C18H23N3O2. The van der Waals surface area contributed by atoms with Gasteiger partial charge in [-0.15, -0.1) is 0 Å². The van der Waals surface area contributed by atoms with Crippen LogP contribution in [0.5, 0.6) is 0 Å². The van der Waals surface area contributed by atoms with Gasteiger partial charge in [-0.2, -0.15) is 0 Å². The predicted molar refractivity (Wildman–Crippen MR) is 91.0 cm³/mol. The first-order valence-electron chi connectivity index (χ1n) is 8.11. The number of allylic oxidation sites excluding steroid dienone is 2. The predicted octanol–water partition coefficient (Wildman–Crippen LogP) is 2.60. The van der Waals surface area contributed by atoms with Gasteiger partial charge in [-0.25, -0.2) is 4.98 Å². The molecule has 2 aliphatic heterocycles. The van der Waals surface area contributed by atoms with Crippen LogP contribution in [0.1, 0.15) is 31.4 Å². The Labute approximate surface area is 137 Å². The van der Waals surface area contributed by atoms with Gasteiger partial charge in [0.1, 0.15) is 11.9 Å². The molecular weight excluding hydrogens is 290 g/mol.